The lowest BCUT2D eigenvalue weighted by atomic mass is 10.1. The SMILES string of the molecule is O=C(O)CN1CCN(C(=O)Cc2ccc(Cl)cc2)C(CN2CCCC2)C1. The average Bonchev–Trinajstić information content (AvgIpc) is 3.09. The number of carbonyl (C=O) groups excluding carboxylic acids is 1. The monoisotopic (exact) mass is 379 g/mol. The second kappa shape index (κ2) is 8.84. The smallest absolute Gasteiger partial charge is 0.317 e. The number of hydrogen-bond acceptors (Lipinski definition) is 4. The maximum absolute atomic E-state index is 12.9. The summed E-state index contributed by atoms with van der Waals surface area (Å²) >= 11 is 5.92. The molecule has 0 aromatic heterocycles. The van der Waals surface area contributed by atoms with Gasteiger partial charge in [0, 0.05) is 31.2 Å². The molecule has 26 heavy (non-hydrogen) atoms. The Bertz CT molecular complexity index is 631. The molecule has 1 aromatic carbocycles. The number of benzene rings is 1. The lowest BCUT2D eigenvalue weighted by molar-refractivity contribution is -0.141. The van der Waals surface area contributed by atoms with E-state index in [0.29, 0.717) is 31.1 Å². The molecule has 142 valence electrons. The van der Waals surface area contributed by atoms with Gasteiger partial charge in [0.15, 0.2) is 0 Å². The third-order valence-electron chi connectivity index (χ3n) is 5.18. The molecular formula is C19H26ClN3O3. The van der Waals surface area contributed by atoms with Crippen LogP contribution in [-0.2, 0) is 16.0 Å². The van der Waals surface area contributed by atoms with Gasteiger partial charge in [-0.2, -0.15) is 0 Å². The van der Waals surface area contributed by atoms with Crippen molar-refractivity contribution in [1.82, 2.24) is 14.7 Å². The topological polar surface area (TPSA) is 64.1 Å². The molecule has 0 bridgehead atoms. The number of carboxylic acid groups (broad SMARTS) is 1. The number of nitrogens with zero attached hydrogens (tertiary/aromatic N) is 3. The summed E-state index contributed by atoms with van der Waals surface area (Å²) < 4.78 is 0. The molecule has 2 aliphatic rings. The summed E-state index contributed by atoms with van der Waals surface area (Å²) in [5, 5.41) is 9.75. The van der Waals surface area contributed by atoms with Gasteiger partial charge in [-0.05, 0) is 43.6 Å². The highest BCUT2D eigenvalue weighted by Gasteiger charge is 2.32. The van der Waals surface area contributed by atoms with Crippen molar-refractivity contribution in [3.63, 3.8) is 0 Å². The van der Waals surface area contributed by atoms with Crippen molar-refractivity contribution < 1.29 is 14.7 Å². The lowest BCUT2D eigenvalue weighted by Gasteiger charge is -2.42. The van der Waals surface area contributed by atoms with Gasteiger partial charge in [-0.1, -0.05) is 23.7 Å². The van der Waals surface area contributed by atoms with E-state index in [1.807, 2.05) is 21.9 Å². The zero-order valence-corrected chi connectivity index (χ0v) is 15.7. The fraction of sp³-hybridized carbons (Fsp3) is 0.579. The van der Waals surface area contributed by atoms with Gasteiger partial charge in [0.2, 0.25) is 5.91 Å². The first-order valence-electron chi connectivity index (χ1n) is 9.21. The van der Waals surface area contributed by atoms with E-state index in [1.54, 1.807) is 12.1 Å². The number of hydrogen-bond donors (Lipinski definition) is 1. The van der Waals surface area contributed by atoms with Gasteiger partial charge >= 0.3 is 5.97 Å². The normalized spacial score (nSPS) is 21.9. The number of carbonyl (C=O) groups is 2. The van der Waals surface area contributed by atoms with E-state index in [-0.39, 0.29) is 18.5 Å². The van der Waals surface area contributed by atoms with Crippen LogP contribution < -0.4 is 0 Å². The quantitative estimate of drug-likeness (QED) is 0.813. The van der Waals surface area contributed by atoms with Crippen molar-refractivity contribution in [3.8, 4) is 0 Å². The predicted octanol–water partition coefficient (Wildman–Crippen LogP) is 1.58. The van der Waals surface area contributed by atoms with Gasteiger partial charge in [-0.15, -0.1) is 0 Å². The Balaban J connectivity index is 1.66. The number of likely N-dealkylation sites (tertiary alicyclic amines) is 1. The summed E-state index contributed by atoms with van der Waals surface area (Å²) in [4.78, 5) is 30.2. The first kappa shape index (κ1) is 19.1. The highest BCUT2D eigenvalue weighted by molar-refractivity contribution is 6.30. The maximum atomic E-state index is 12.9. The van der Waals surface area contributed by atoms with Crippen LogP contribution >= 0.6 is 11.6 Å². The maximum Gasteiger partial charge on any atom is 0.317 e. The lowest BCUT2D eigenvalue weighted by Crippen LogP contribution is -2.59. The molecule has 1 unspecified atom stereocenters. The molecule has 0 radical (unpaired) electrons. The summed E-state index contributed by atoms with van der Waals surface area (Å²) in [5.74, 6) is -0.711. The van der Waals surface area contributed by atoms with Crippen LogP contribution in [-0.4, -0.2) is 83.5 Å². The number of carboxylic acids is 1. The summed E-state index contributed by atoms with van der Waals surface area (Å²) in [6.07, 6.45) is 2.75. The second-order valence-electron chi connectivity index (χ2n) is 7.18. The Morgan fingerprint density at radius 3 is 2.38 bits per heavy atom. The van der Waals surface area contributed by atoms with Gasteiger partial charge in [0.25, 0.3) is 0 Å². The summed E-state index contributed by atoms with van der Waals surface area (Å²) in [6.45, 7) is 4.80. The van der Waals surface area contributed by atoms with E-state index in [9.17, 15) is 9.59 Å². The van der Waals surface area contributed by atoms with E-state index >= 15 is 0 Å². The highest BCUT2D eigenvalue weighted by atomic mass is 35.5. The van der Waals surface area contributed by atoms with Gasteiger partial charge < -0.3 is 14.9 Å². The minimum Gasteiger partial charge on any atom is -0.480 e. The molecule has 7 heteroatoms. The van der Waals surface area contributed by atoms with Crippen molar-refractivity contribution >= 4 is 23.5 Å². The van der Waals surface area contributed by atoms with E-state index < -0.39 is 5.97 Å². The first-order valence-corrected chi connectivity index (χ1v) is 9.59. The molecule has 3 rings (SSSR count). The third-order valence-corrected chi connectivity index (χ3v) is 5.43. The molecule has 2 aliphatic heterocycles. The first-order chi connectivity index (χ1) is 12.5. The largest absolute Gasteiger partial charge is 0.480 e. The number of halogens is 1. The Morgan fingerprint density at radius 2 is 1.73 bits per heavy atom. The molecule has 2 saturated heterocycles. The summed E-state index contributed by atoms with van der Waals surface area (Å²) in [6, 6.07) is 7.42. The minimum atomic E-state index is -0.814. The van der Waals surface area contributed by atoms with E-state index in [1.165, 1.54) is 12.8 Å². The molecule has 6 nitrogen and oxygen atoms in total. The van der Waals surface area contributed by atoms with Gasteiger partial charge in [-0.3, -0.25) is 14.5 Å². The van der Waals surface area contributed by atoms with Crippen LogP contribution in [0, 0.1) is 0 Å². The molecule has 0 saturated carbocycles. The summed E-state index contributed by atoms with van der Waals surface area (Å²) in [5.41, 5.74) is 0.951. The van der Waals surface area contributed by atoms with Crippen LogP contribution in [0.1, 0.15) is 18.4 Å². The standard InChI is InChI=1S/C19H26ClN3O3/c20-16-5-3-15(4-6-16)11-18(24)23-10-9-22(14-19(25)26)13-17(23)12-21-7-1-2-8-21/h3-6,17H,1-2,7-14H2,(H,25,26). The number of rotatable bonds is 6. The second-order valence-corrected chi connectivity index (χ2v) is 7.62. The van der Waals surface area contributed by atoms with Crippen LogP contribution in [0.3, 0.4) is 0 Å². The van der Waals surface area contributed by atoms with Crippen LogP contribution in [0.4, 0.5) is 0 Å². The molecule has 2 heterocycles. The van der Waals surface area contributed by atoms with Crippen molar-refractivity contribution in [1.29, 1.82) is 0 Å². The number of amides is 1. The van der Waals surface area contributed by atoms with Crippen molar-refractivity contribution in [2.75, 3.05) is 45.8 Å². The van der Waals surface area contributed by atoms with Gasteiger partial charge in [-0.25, -0.2) is 0 Å². The molecule has 0 spiro atoms. The molecule has 1 amide bonds. The average molecular weight is 380 g/mol. The fourth-order valence-electron chi connectivity index (χ4n) is 3.88. The van der Waals surface area contributed by atoms with Crippen LogP contribution in [0.15, 0.2) is 24.3 Å². The zero-order valence-electron chi connectivity index (χ0n) is 14.9. The van der Waals surface area contributed by atoms with Crippen LogP contribution in [0.25, 0.3) is 0 Å². The molecule has 0 aliphatic carbocycles. The number of piperazine rings is 1. The molecule has 1 atom stereocenters. The van der Waals surface area contributed by atoms with E-state index in [4.69, 9.17) is 16.7 Å². The Hall–Kier alpha value is -1.63. The molecule has 2 fully saturated rings. The zero-order chi connectivity index (χ0) is 18.5. The summed E-state index contributed by atoms with van der Waals surface area (Å²) in [7, 11) is 0. The van der Waals surface area contributed by atoms with E-state index in [2.05, 4.69) is 4.90 Å². The third kappa shape index (κ3) is 5.19. The Kier molecular flexibility index (Phi) is 6.51. The van der Waals surface area contributed by atoms with Gasteiger partial charge in [0.1, 0.15) is 0 Å². The molecule has 1 aromatic rings. The predicted molar refractivity (Wildman–Crippen MR) is 100 cm³/mol. The van der Waals surface area contributed by atoms with Crippen LogP contribution in [0.2, 0.25) is 5.02 Å². The molecular weight excluding hydrogens is 354 g/mol. The van der Waals surface area contributed by atoms with Crippen molar-refractivity contribution in [3.05, 3.63) is 34.9 Å². The highest BCUT2D eigenvalue weighted by Crippen LogP contribution is 2.17. The van der Waals surface area contributed by atoms with Gasteiger partial charge in [0.05, 0.1) is 19.0 Å². The van der Waals surface area contributed by atoms with E-state index in [0.717, 1.165) is 25.2 Å². The van der Waals surface area contributed by atoms with Crippen LogP contribution in [0.5, 0.6) is 0 Å². The van der Waals surface area contributed by atoms with Crippen molar-refractivity contribution in [2.24, 2.45) is 0 Å². The number of aliphatic carboxylic acids is 1. The minimum absolute atomic E-state index is 0.0374. The molecule has 1 N–H and O–H groups in total. The Labute approximate surface area is 159 Å². The van der Waals surface area contributed by atoms with Crippen molar-refractivity contribution in [2.45, 2.75) is 25.3 Å². The fourth-order valence-corrected chi connectivity index (χ4v) is 4.01. The Morgan fingerprint density at radius 1 is 1.04 bits per heavy atom.